The summed E-state index contributed by atoms with van der Waals surface area (Å²) in [6.07, 6.45) is 1.01. The van der Waals surface area contributed by atoms with Gasteiger partial charge in [-0.3, -0.25) is 9.59 Å². The van der Waals surface area contributed by atoms with Gasteiger partial charge in [0.1, 0.15) is 18.1 Å². The Labute approximate surface area is 208 Å². The molecule has 1 aliphatic carbocycles. The molecule has 8 heteroatoms. The molecule has 2 aromatic carbocycles. The quantitative estimate of drug-likeness (QED) is 0.454. The molecule has 2 aliphatic rings. The normalized spacial score (nSPS) is 20.5. The second-order valence-electron chi connectivity index (χ2n) is 10.0. The van der Waals surface area contributed by atoms with Crippen LogP contribution in [-0.2, 0) is 14.9 Å². The predicted molar refractivity (Wildman–Crippen MR) is 135 cm³/mol. The smallest absolute Gasteiger partial charge is 0.306 e. The molecule has 2 heterocycles. The van der Waals surface area contributed by atoms with Crippen molar-refractivity contribution in [3.63, 3.8) is 0 Å². The van der Waals surface area contributed by atoms with Crippen molar-refractivity contribution in [3.8, 4) is 17.1 Å². The van der Waals surface area contributed by atoms with Crippen molar-refractivity contribution in [2.24, 2.45) is 5.92 Å². The van der Waals surface area contributed by atoms with Crippen LogP contribution in [0.5, 0.6) is 5.75 Å². The largest absolute Gasteiger partial charge is 0.490 e. The summed E-state index contributed by atoms with van der Waals surface area (Å²) in [7, 11) is 2.04. The number of hydrogen-bond acceptors (Lipinski definition) is 6. The maximum Gasteiger partial charge on any atom is 0.306 e. The topological polar surface area (TPSA) is 89.2 Å². The van der Waals surface area contributed by atoms with Crippen molar-refractivity contribution in [3.05, 3.63) is 57.2 Å². The molecule has 184 valence electrons. The number of carboxylic acids is 1. The molecule has 0 atom stereocenters. The number of rotatable bonds is 7. The lowest BCUT2D eigenvalue weighted by molar-refractivity contribution is -0.151. The first-order chi connectivity index (χ1) is 16.6. The Bertz CT molecular complexity index is 1360. The Morgan fingerprint density at radius 1 is 1.23 bits per heavy atom. The van der Waals surface area contributed by atoms with Crippen LogP contribution in [0, 0.1) is 5.92 Å². The van der Waals surface area contributed by atoms with Gasteiger partial charge in [-0.05, 0) is 42.7 Å². The molecular formula is C27H28ClNO6. The maximum absolute atomic E-state index is 12.9. The van der Waals surface area contributed by atoms with Crippen LogP contribution in [0.2, 0.25) is 5.02 Å². The molecule has 0 unspecified atom stereocenters. The molecular weight excluding hydrogens is 470 g/mol. The minimum absolute atomic E-state index is 0.0487. The van der Waals surface area contributed by atoms with E-state index in [9.17, 15) is 9.59 Å². The highest BCUT2D eigenvalue weighted by Crippen LogP contribution is 2.46. The number of carbonyl (C=O) groups is 1. The summed E-state index contributed by atoms with van der Waals surface area (Å²) in [5.41, 5.74) is 2.99. The van der Waals surface area contributed by atoms with Crippen LogP contribution in [0.4, 0.5) is 5.69 Å². The number of fused-ring (bicyclic) bond motifs is 2. The van der Waals surface area contributed by atoms with E-state index in [1.54, 1.807) is 18.2 Å². The fraction of sp³-hybridized carbons (Fsp3) is 0.407. The Morgan fingerprint density at radius 2 is 2.00 bits per heavy atom. The van der Waals surface area contributed by atoms with Gasteiger partial charge in [0.25, 0.3) is 0 Å². The van der Waals surface area contributed by atoms with Crippen LogP contribution in [-0.4, -0.2) is 44.0 Å². The highest BCUT2D eigenvalue weighted by atomic mass is 35.5. The van der Waals surface area contributed by atoms with Gasteiger partial charge >= 0.3 is 5.97 Å². The standard InChI is InChI=1S/C27H28ClNO6/c1-27(2)14-29(3)21-11-18(24-13-22(30)17-5-4-6-20(28)25(17)35-24)23(12-19(21)27)34-8-7-33-16-9-15(10-16)26(31)32/h4-6,11-13,15-16H,7-10,14H2,1-3H3,(H,31,32)/t15-,16+. The number of carboxylic acid groups (broad SMARTS) is 1. The molecule has 1 aliphatic heterocycles. The van der Waals surface area contributed by atoms with E-state index in [-0.39, 0.29) is 29.5 Å². The number of aliphatic carboxylic acids is 1. The average molecular weight is 498 g/mol. The van der Waals surface area contributed by atoms with Gasteiger partial charge in [-0.15, -0.1) is 0 Å². The van der Waals surface area contributed by atoms with Gasteiger partial charge in [-0.1, -0.05) is 31.5 Å². The van der Waals surface area contributed by atoms with Crippen molar-refractivity contribution < 1.29 is 23.8 Å². The van der Waals surface area contributed by atoms with E-state index in [2.05, 4.69) is 18.7 Å². The van der Waals surface area contributed by atoms with Gasteiger partial charge in [0, 0.05) is 30.8 Å². The minimum atomic E-state index is -0.770. The van der Waals surface area contributed by atoms with Crippen LogP contribution in [0.1, 0.15) is 32.3 Å². The molecule has 0 spiro atoms. The van der Waals surface area contributed by atoms with Gasteiger partial charge in [0.2, 0.25) is 0 Å². The van der Waals surface area contributed by atoms with Crippen molar-refractivity contribution in [2.75, 3.05) is 31.7 Å². The van der Waals surface area contributed by atoms with E-state index in [1.807, 2.05) is 19.2 Å². The van der Waals surface area contributed by atoms with E-state index in [0.717, 1.165) is 17.8 Å². The monoisotopic (exact) mass is 497 g/mol. The highest BCUT2D eigenvalue weighted by Gasteiger charge is 2.36. The summed E-state index contributed by atoms with van der Waals surface area (Å²) >= 11 is 6.34. The molecule has 35 heavy (non-hydrogen) atoms. The lowest BCUT2D eigenvalue weighted by Gasteiger charge is -2.32. The molecule has 1 saturated carbocycles. The number of likely N-dealkylation sites (N-methyl/N-ethyl adjacent to an activating group) is 1. The van der Waals surface area contributed by atoms with Crippen molar-refractivity contribution in [1.82, 2.24) is 0 Å². The fourth-order valence-electron chi connectivity index (χ4n) is 5.05. The van der Waals surface area contributed by atoms with Crippen LogP contribution in [0.25, 0.3) is 22.3 Å². The average Bonchev–Trinajstić information content (AvgIpc) is 2.99. The van der Waals surface area contributed by atoms with E-state index in [4.69, 9.17) is 30.6 Å². The molecule has 5 rings (SSSR count). The Hall–Kier alpha value is -3.03. The molecule has 1 N–H and O–H groups in total. The van der Waals surface area contributed by atoms with Crippen LogP contribution < -0.4 is 15.1 Å². The lowest BCUT2D eigenvalue weighted by atomic mass is 9.82. The number of benzene rings is 2. The summed E-state index contributed by atoms with van der Waals surface area (Å²) in [4.78, 5) is 26.0. The number of hydrogen-bond donors (Lipinski definition) is 1. The summed E-state index contributed by atoms with van der Waals surface area (Å²) in [5, 5.41) is 9.83. The van der Waals surface area contributed by atoms with E-state index in [1.165, 1.54) is 6.07 Å². The fourth-order valence-corrected chi connectivity index (χ4v) is 5.26. The molecule has 0 saturated heterocycles. The summed E-state index contributed by atoms with van der Waals surface area (Å²) in [6.45, 7) is 5.86. The van der Waals surface area contributed by atoms with Crippen molar-refractivity contribution >= 4 is 34.2 Å². The number of nitrogens with zero attached hydrogens (tertiary/aromatic N) is 1. The summed E-state index contributed by atoms with van der Waals surface area (Å²) in [6, 6.07) is 10.6. The summed E-state index contributed by atoms with van der Waals surface area (Å²) in [5.74, 6) is -0.0995. The zero-order valence-electron chi connectivity index (χ0n) is 20.0. The first-order valence-corrected chi connectivity index (χ1v) is 12.1. The van der Waals surface area contributed by atoms with Crippen LogP contribution in [0.15, 0.2) is 45.6 Å². The third kappa shape index (κ3) is 4.39. The van der Waals surface area contributed by atoms with Gasteiger partial charge in [-0.25, -0.2) is 0 Å². The van der Waals surface area contributed by atoms with Crippen molar-refractivity contribution in [1.29, 1.82) is 0 Å². The summed E-state index contributed by atoms with van der Waals surface area (Å²) < 4.78 is 18.1. The first kappa shape index (κ1) is 23.7. The van der Waals surface area contributed by atoms with Gasteiger partial charge < -0.3 is 23.9 Å². The number of anilines is 1. The van der Waals surface area contributed by atoms with Crippen LogP contribution in [0.3, 0.4) is 0 Å². The molecule has 1 fully saturated rings. The Kier molecular flexibility index (Phi) is 6.01. The lowest BCUT2D eigenvalue weighted by Crippen LogP contribution is -2.37. The van der Waals surface area contributed by atoms with E-state index < -0.39 is 5.97 Å². The SMILES string of the molecule is CN1CC(C)(C)c2cc(OCCO[C@H]3C[C@@H](C(=O)O)C3)c(-c3cc(=O)c4cccc(Cl)c4o3)cc21. The number of halogens is 1. The molecule has 0 bridgehead atoms. The van der Waals surface area contributed by atoms with Crippen molar-refractivity contribution in [2.45, 2.75) is 38.2 Å². The van der Waals surface area contributed by atoms with E-state index >= 15 is 0 Å². The van der Waals surface area contributed by atoms with Gasteiger partial charge in [-0.2, -0.15) is 0 Å². The first-order valence-electron chi connectivity index (χ1n) is 11.7. The van der Waals surface area contributed by atoms with Gasteiger partial charge in [0.05, 0.1) is 34.6 Å². The Balaban J connectivity index is 1.46. The third-order valence-corrected chi connectivity index (χ3v) is 7.28. The van der Waals surface area contributed by atoms with E-state index in [0.29, 0.717) is 52.5 Å². The highest BCUT2D eigenvalue weighted by molar-refractivity contribution is 6.34. The van der Waals surface area contributed by atoms with Gasteiger partial charge in [0.15, 0.2) is 11.0 Å². The molecule has 3 aromatic rings. The molecule has 0 amide bonds. The number of ether oxygens (including phenoxy) is 2. The predicted octanol–water partition coefficient (Wildman–Crippen LogP) is 5.10. The molecule has 1 aromatic heterocycles. The second kappa shape index (κ2) is 8.88. The Morgan fingerprint density at radius 3 is 2.74 bits per heavy atom. The number of para-hydroxylation sites is 1. The zero-order valence-corrected chi connectivity index (χ0v) is 20.7. The maximum atomic E-state index is 12.9. The molecule has 7 nitrogen and oxygen atoms in total. The third-order valence-electron chi connectivity index (χ3n) is 6.98. The zero-order chi connectivity index (χ0) is 24.9. The second-order valence-corrected chi connectivity index (χ2v) is 10.5. The minimum Gasteiger partial charge on any atom is -0.490 e. The van der Waals surface area contributed by atoms with Crippen LogP contribution >= 0.6 is 11.6 Å². The molecule has 0 radical (unpaired) electrons.